The predicted molar refractivity (Wildman–Crippen MR) is 117 cm³/mol. The number of likely N-dealkylation sites (N-methyl/N-ethyl adjacent to an activating group) is 1. The number of para-hydroxylation sites is 1. The molecule has 8 nitrogen and oxygen atoms in total. The van der Waals surface area contributed by atoms with Crippen LogP contribution in [0.2, 0.25) is 0 Å². The number of sulfonamides is 1. The van der Waals surface area contributed by atoms with E-state index in [1.54, 1.807) is 17.9 Å². The summed E-state index contributed by atoms with van der Waals surface area (Å²) in [4.78, 5) is 26.6. The normalized spacial score (nSPS) is 18.8. The van der Waals surface area contributed by atoms with Crippen LogP contribution in [0.5, 0.6) is 5.75 Å². The number of amides is 2. The Morgan fingerprint density at radius 1 is 1.26 bits per heavy atom. The summed E-state index contributed by atoms with van der Waals surface area (Å²) in [7, 11) is -3.94. The number of aryl methyl sites for hydroxylation is 1. The molecule has 1 unspecified atom stereocenters. The molecular weight excluding hydrogens is 418 g/mol. The second-order valence-corrected chi connectivity index (χ2v) is 9.50. The monoisotopic (exact) mass is 443 g/mol. The van der Waals surface area contributed by atoms with Crippen molar-refractivity contribution in [3.8, 4) is 5.75 Å². The van der Waals surface area contributed by atoms with Gasteiger partial charge in [-0.15, -0.1) is 0 Å². The van der Waals surface area contributed by atoms with Gasteiger partial charge in [0, 0.05) is 24.8 Å². The maximum atomic E-state index is 13.6. The molecule has 4 rings (SSSR count). The molecule has 31 heavy (non-hydrogen) atoms. The Labute approximate surface area is 181 Å². The lowest BCUT2D eigenvalue weighted by atomic mass is 10.2. The van der Waals surface area contributed by atoms with E-state index in [1.807, 2.05) is 37.3 Å². The van der Waals surface area contributed by atoms with Crippen molar-refractivity contribution in [1.82, 2.24) is 4.31 Å². The second-order valence-electron chi connectivity index (χ2n) is 7.64. The van der Waals surface area contributed by atoms with Crippen molar-refractivity contribution in [2.75, 3.05) is 29.9 Å². The third kappa shape index (κ3) is 3.90. The minimum atomic E-state index is -3.94. The van der Waals surface area contributed by atoms with Gasteiger partial charge in [0.15, 0.2) is 6.61 Å². The first kappa shape index (κ1) is 21.3. The van der Waals surface area contributed by atoms with Crippen LogP contribution >= 0.6 is 0 Å². The van der Waals surface area contributed by atoms with Crippen LogP contribution in [-0.2, 0) is 19.6 Å². The Morgan fingerprint density at radius 2 is 2.00 bits per heavy atom. The van der Waals surface area contributed by atoms with E-state index in [4.69, 9.17) is 4.74 Å². The Kier molecular flexibility index (Phi) is 5.72. The second kappa shape index (κ2) is 8.32. The first-order chi connectivity index (χ1) is 14.8. The van der Waals surface area contributed by atoms with Gasteiger partial charge in [-0.2, -0.15) is 4.31 Å². The fraction of sp³-hybridized carbons (Fsp3) is 0.364. The van der Waals surface area contributed by atoms with Crippen molar-refractivity contribution in [1.29, 1.82) is 0 Å². The van der Waals surface area contributed by atoms with Gasteiger partial charge in [0.25, 0.3) is 5.91 Å². The van der Waals surface area contributed by atoms with Gasteiger partial charge in [-0.3, -0.25) is 9.59 Å². The van der Waals surface area contributed by atoms with Crippen LogP contribution in [0.1, 0.15) is 25.3 Å². The SMILES string of the molecule is CCN(C(=O)C1CCCN1S(=O)(=O)c1cc2c(cc1C)NC(=O)CO2)c1ccccc1. The molecule has 2 aromatic carbocycles. The number of benzene rings is 2. The van der Waals surface area contributed by atoms with Crippen molar-refractivity contribution >= 4 is 33.2 Å². The van der Waals surface area contributed by atoms with Crippen LogP contribution < -0.4 is 15.0 Å². The molecule has 2 aliphatic rings. The van der Waals surface area contributed by atoms with E-state index in [9.17, 15) is 18.0 Å². The molecule has 2 aromatic rings. The number of hydrogen-bond donors (Lipinski definition) is 1. The van der Waals surface area contributed by atoms with E-state index in [-0.39, 0.29) is 29.9 Å². The number of ether oxygens (including phenoxy) is 1. The average molecular weight is 444 g/mol. The molecule has 0 spiro atoms. The predicted octanol–water partition coefficient (Wildman–Crippen LogP) is 2.53. The molecule has 164 valence electrons. The first-order valence-electron chi connectivity index (χ1n) is 10.3. The number of carbonyl (C=O) groups is 2. The highest BCUT2D eigenvalue weighted by Gasteiger charge is 2.42. The van der Waals surface area contributed by atoms with Gasteiger partial charge in [-0.1, -0.05) is 18.2 Å². The Hall–Kier alpha value is -2.91. The molecule has 0 radical (unpaired) electrons. The molecule has 2 amide bonds. The molecule has 0 saturated carbocycles. The van der Waals surface area contributed by atoms with Gasteiger partial charge < -0.3 is 15.0 Å². The fourth-order valence-electron chi connectivity index (χ4n) is 4.15. The quantitative estimate of drug-likeness (QED) is 0.766. The molecule has 0 bridgehead atoms. The number of nitrogens with one attached hydrogen (secondary N) is 1. The van der Waals surface area contributed by atoms with E-state index in [1.165, 1.54) is 10.4 Å². The van der Waals surface area contributed by atoms with Crippen LogP contribution in [0.3, 0.4) is 0 Å². The van der Waals surface area contributed by atoms with E-state index >= 15 is 0 Å². The van der Waals surface area contributed by atoms with E-state index in [2.05, 4.69) is 5.32 Å². The molecule has 9 heteroatoms. The molecule has 1 atom stereocenters. The highest BCUT2D eigenvalue weighted by molar-refractivity contribution is 7.89. The number of rotatable bonds is 5. The summed E-state index contributed by atoms with van der Waals surface area (Å²) in [5.41, 5.74) is 1.68. The lowest BCUT2D eigenvalue weighted by Gasteiger charge is -2.30. The van der Waals surface area contributed by atoms with Gasteiger partial charge in [0.1, 0.15) is 11.8 Å². The number of fused-ring (bicyclic) bond motifs is 1. The fourth-order valence-corrected chi connectivity index (χ4v) is 6.02. The smallest absolute Gasteiger partial charge is 0.262 e. The molecule has 2 heterocycles. The molecule has 1 fully saturated rings. The number of carbonyl (C=O) groups excluding carboxylic acids is 2. The summed E-state index contributed by atoms with van der Waals surface area (Å²) in [5.74, 6) is -0.201. The standard InChI is InChI=1S/C22H25N3O5S/c1-3-24(16-8-5-4-6-9-16)22(27)18-10-7-11-25(18)31(28,29)20-13-19-17(12-15(20)2)23-21(26)14-30-19/h4-6,8-9,12-13,18H,3,7,10-11,14H2,1-2H3,(H,23,26). The molecular formula is C22H25N3O5S. The number of hydrogen-bond acceptors (Lipinski definition) is 5. The third-order valence-corrected chi connectivity index (χ3v) is 7.69. The first-order valence-corrected chi connectivity index (χ1v) is 11.7. The Bertz CT molecular complexity index is 1120. The molecule has 2 aliphatic heterocycles. The van der Waals surface area contributed by atoms with Gasteiger partial charge in [-0.25, -0.2) is 8.42 Å². The zero-order chi connectivity index (χ0) is 22.2. The van der Waals surface area contributed by atoms with Crippen LogP contribution in [0, 0.1) is 6.92 Å². The average Bonchev–Trinajstić information content (AvgIpc) is 3.25. The van der Waals surface area contributed by atoms with E-state index in [0.29, 0.717) is 36.4 Å². The van der Waals surface area contributed by atoms with Crippen molar-refractivity contribution in [2.45, 2.75) is 37.6 Å². The Morgan fingerprint density at radius 3 is 2.71 bits per heavy atom. The third-order valence-electron chi connectivity index (χ3n) is 5.64. The van der Waals surface area contributed by atoms with Gasteiger partial charge in [0.05, 0.1) is 10.6 Å². The minimum absolute atomic E-state index is 0.0878. The summed E-state index contributed by atoms with van der Waals surface area (Å²) < 4.78 is 33.9. The van der Waals surface area contributed by atoms with Crippen molar-refractivity contribution in [3.05, 3.63) is 48.0 Å². The van der Waals surface area contributed by atoms with Gasteiger partial charge in [0.2, 0.25) is 15.9 Å². The van der Waals surface area contributed by atoms with E-state index < -0.39 is 16.1 Å². The Balaban J connectivity index is 1.67. The van der Waals surface area contributed by atoms with Crippen LogP contribution in [0.15, 0.2) is 47.4 Å². The topological polar surface area (TPSA) is 96.0 Å². The summed E-state index contributed by atoms with van der Waals surface area (Å²) >= 11 is 0. The highest BCUT2D eigenvalue weighted by atomic mass is 32.2. The highest BCUT2D eigenvalue weighted by Crippen LogP contribution is 2.36. The van der Waals surface area contributed by atoms with Crippen molar-refractivity contribution in [2.24, 2.45) is 0 Å². The zero-order valence-corrected chi connectivity index (χ0v) is 18.3. The summed E-state index contributed by atoms with van der Waals surface area (Å²) in [6.45, 7) is 4.10. The van der Waals surface area contributed by atoms with E-state index in [0.717, 1.165) is 5.69 Å². The lowest BCUT2D eigenvalue weighted by Crippen LogP contribution is -2.48. The summed E-state index contributed by atoms with van der Waals surface area (Å²) in [6.07, 6.45) is 1.08. The maximum Gasteiger partial charge on any atom is 0.262 e. The largest absolute Gasteiger partial charge is 0.482 e. The minimum Gasteiger partial charge on any atom is -0.482 e. The van der Waals surface area contributed by atoms with Crippen molar-refractivity contribution < 1.29 is 22.7 Å². The molecule has 1 N–H and O–H groups in total. The van der Waals surface area contributed by atoms with Crippen LogP contribution in [-0.4, -0.2) is 50.3 Å². The van der Waals surface area contributed by atoms with Crippen LogP contribution in [0.4, 0.5) is 11.4 Å². The van der Waals surface area contributed by atoms with Gasteiger partial charge >= 0.3 is 0 Å². The summed E-state index contributed by atoms with van der Waals surface area (Å²) in [5, 5.41) is 2.68. The summed E-state index contributed by atoms with van der Waals surface area (Å²) in [6, 6.07) is 11.5. The van der Waals surface area contributed by atoms with Gasteiger partial charge in [-0.05, 0) is 50.5 Å². The molecule has 0 aromatic heterocycles. The number of anilines is 2. The number of nitrogens with zero attached hydrogens (tertiary/aromatic N) is 2. The van der Waals surface area contributed by atoms with Crippen LogP contribution in [0.25, 0.3) is 0 Å². The zero-order valence-electron chi connectivity index (χ0n) is 17.5. The molecule has 1 saturated heterocycles. The lowest BCUT2D eigenvalue weighted by molar-refractivity contribution is -0.121. The van der Waals surface area contributed by atoms with Crippen molar-refractivity contribution in [3.63, 3.8) is 0 Å². The maximum absolute atomic E-state index is 13.6. The molecule has 0 aliphatic carbocycles.